The number of nitrogens with zero attached hydrogens (tertiary/aromatic N) is 2. The Hall–Kier alpha value is -1.52. The van der Waals surface area contributed by atoms with Gasteiger partial charge in [-0.1, -0.05) is 24.6 Å². The van der Waals surface area contributed by atoms with Crippen LogP contribution < -0.4 is 5.32 Å². The van der Waals surface area contributed by atoms with Crippen LogP contribution in [0, 0.1) is 5.82 Å². The first kappa shape index (κ1) is 14.4. The fourth-order valence-corrected chi connectivity index (χ4v) is 2.91. The number of hydrogen-bond donors (Lipinski definition) is 1. The van der Waals surface area contributed by atoms with Gasteiger partial charge in [-0.25, -0.2) is 14.4 Å². The summed E-state index contributed by atoms with van der Waals surface area (Å²) in [5.74, 6) is 0.441. The highest BCUT2D eigenvalue weighted by atomic mass is 35.5. The van der Waals surface area contributed by atoms with E-state index >= 15 is 0 Å². The summed E-state index contributed by atoms with van der Waals surface area (Å²) in [6.45, 7) is 3.89. The van der Waals surface area contributed by atoms with Crippen molar-refractivity contribution in [2.75, 3.05) is 6.54 Å². The van der Waals surface area contributed by atoms with Crippen molar-refractivity contribution in [2.24, 2.45) is 0 Å². The Morgan fingerprint density at radius 2 is 2.19 bits per heavy atom. The van der Waals surface area contributed by atoms with Crippen LogP contribution in [0.4, 0.5) is 4.39 Å². The molecular formula is C16H17ClFN3. The summed E-state index contributed by atoms with van der Waals surface area (Å²) in [7, 11) is 0. The molecule has 3 rings (SSSR count). The van der Waals surface area contributed by atoms with Crippen molar-refractivity contribution in [2.45, 2.75) is 32.7 Å². The van der Waals surface area contributed by atoms with E-state index in [1.165, 1.54) is 17.7 Å². The number of aryl methyl sites for hydroxylation is 1. The number of halogens is 2. The molecule has 21 heavy (non-hydrogen) atoms. The maximum atomic E-state index is 13.1. The van der Waals surface area contributed by atoms with Crippen LogP contribution in [-0.4, -0.2) is 16.5 Å². The van der Waals surface area contributed by atoms with E-state index in [4.69, 9.17) is 11.6 Å². The number of benzene rings is 1. The molecule has 0 amide bonds. The van der Waals surface area contributed by atoms with Gasteiger partial charge in [-0.3, -0.25) is 0 Å². The summed E-state index contributed by atoms with van der Waals surface area (Å²) in [4.78, 5) is 9.34. The number of hydrogen-bond acceptors (Lipinski definition) is 3. The highest BCUT2D eigenvalue weighted by Gasteiger charge is 2.17. The summed E-state index contributed by atoms with van der Waals surface area (Å²) in [6, 6.07) is 4.46. The Kier molecular flexibility index (Phi) is 4.17. The molecule has 1 N–H and O–H groups in total. The second kappa shape index (κ2) is 6.08. The van der Waals surface area contributed by atoms with E-state index in [9.17, 15) is 4.39 Å². The van der Waals surface area contributed by atoms with E-state index in [1.54, 1.807) is 6.07 Å². The monoisotopic (exact) mass is 305 g/mol. The minimum absolute atomic E-state index is 0.324. The van der Waals surface area contributed by atoms with Gasteiger partial charge in [-0.05, 0) is 24.1 Å². The number of nitrogens with one attached hydrogen (secondary N) is 1. The van der Waals surface area contributed by atoms with E-state index < -0.39 is 0 Å². The van der Waals surface area contributed by atoms with Crippen molar-refractivity contribution >= 4 is 11.6 Å². The summed E-state index contributed by atoms with van der Waals surface area (Å²) >= 11 is 6.09. The zero-order valence-electron chi connectivity index (χ0n) is 11.9. The molecule has 1 aliphatic rings. The maximum Gasteiger partial charge on any atom is 0.133 e. The molecule has 0 aliphatic carbocycles. The largest absolute Gasteiger partial charge is 0.312 e. The molecule has 0 unspecified atom stereocenters. The molecule has 0 bridgehead atoms. The van der Waals surface area contributed by atoms with Crippen molar-refractivity contribution in [3.05, 3.63) is 57.4 Å². The van der Waals surface area contributed by atoms with Gasteiger partial charge in [0.1, 0.15) is 11.6 Å². The summed E-state index contributed by atoms with van der Waals surface area (Å²) < 4.78 is 13.1. The average Bonchev–Trinajstić information content (AvgIpc) is 2.49. The smallest absolute Gasteiger partial charge is 0.133 e. The van der Waals surface area contributed by atoms with Crippen LogP contribution in [0.2, 0.25) is 5.02 Å². The van der Waals surface area contributed by atoms with Crippen LogP contribution in [0.25, 0.3) is 0 Å². The molecule has 3 nitrogen and oxygen atoms in total. The van der Waals surface area contributed by atoms with Crippen LogP contribution in [0.15, 0.2) is 18.2 Å². The van der Waals surface area contributed by atoms with Gasteiger partial charge in [0.05, 0.1) is 5.69 Å². The summed E-state index contributed by atoms with van der Waals surface area (Å²) in [6.07, 6.45) is 2.35. The van der Waals surface area contributed by atoms with Gasteiger partial charge >= 0.3 is 0 Å². The molecule has 2 heterocycles. The van der Waals surface area contributed by atoms with Crippen LogP contribution >= 0.6 is 11.6 Å². The van der Waals surface area contributed by atoms with Crippen molar-refractivity contribution in [1.29, 1.82) is 0 Å². The number of rotatable bonds is 3. The minimum atomic E-state index is -0.324. The van der Waals surface area contributed by atoms with Crippen molar-refractivity contribution < 1.29 is 4.39 Å². The third-order valence-corrected chi connectivity index (χ3v) is 4.12. The highest BCUT2D eigenvalue weighted by Crippen LogP contribution is 2.22. The first-order valence-corrected chi connectivity index (χ1v) is 7.57. The Morgan fingerprint density at radius 1 is 1.33 bits per heavy atom. The standard InChI is InChI=1S/C16H17ClFN3/c1-2-14-12-9-19-6-5-15(12)21-16(20-14)7-10-3-4-11(18)8-13(10)17/h3-4,8,19H,2,5-7,9H2,1H3. The van der Waals surface area contributed by atoms with Gasteiger partial charge in [0, 0.05) is 42.2 Å². The Morgan fingerprint density at radius 3 is 2.95 bits per heavy atom. The highest BCUT2D eigenvalue weighted by molar-refractivity contribution is 6.31. The molecule has 2 aromatic rings. The van der Waals surface area contributed by atoms with Crippen molar-refractivity contribution in [3.63, 3.8) is 0 Å². The molecule has 0 saturated heterocycles. The molecule has 1 aromatic carbocycles. The van der Waals surface area contributed by atoms with Crippen LogP contribution in [-0.2, 0) is 25.8 Å². The van der Waals surface area contributed by atoms with Gasteiger partial charge in [-0.15, -0.1) is 0 Å². The van der Waals surface area contributed by atoms with E-state index in [2.05, 4.69) is 22.2 Å². The molecule has 5 heteroatoms. The molecule has 110 valence electrons. The second-order valence-corrected chi connectivity index (χ2v) is 5.61. The molecule has 1 aromatic heterocycles. The zero-order chi connectivity index (χ0) is 14.8. The SMILES string of the molecule is CCc1nc(Cc2ccc(F)cc2Cl)nc2c1CNCC2. The molecule has 0 fully saturated rings. The van der Waals surface area contributed by atoms with E-state index in [0.29, 0.717) is 11.4 Å². The van der Waals surface area contributed by atoms with Gasteiger partial charge in [-0.2, -0.15) is 0 Å². The fraction of sp³-hybridized carbons (Fsp3) is 0.375. The average molecular weight is 306 g/mol. The third kappa shape index (κ3) is 3.06. The van der Waals surface area contributed by atoms with Gasteiger partial charge in [0.25, 0.3) is 0 Å². The molecule has 0 saturated carbocycles. The predicted molar refractivity (Wildman–Crippen MR) is 81.0 cm³/mol. The molecule has 0 radical (unpaired) electrons. The minimum Gasteiger partial charge on any atom is -0.312 e. The van der Waals surface area contributed by atoms with Crippen molar-refractivity contribution in [1.82, 2.24) is 15.3 Å². The van der Waals surface area contributed by atoms with Gasteiger partial charge < -0.3 is 5.32 Å². The van der Waals surface area contributed by atoms with Crippen LogP contribution in [0.3, 0.4) is 0 Å². The van der Waals surface area contributed by atoms with E-state index in [1.807, 2.05) is 0 Å². The maximum absolute atomic E-state index is 13.1. The summed E-state index contributed by atoms with van der Waals surface area (Å²) in [5.41, 5.74) is 4.32. The van der Waals surface area contributed by atoms with Gasteiger partial charge in [0.2, 0.25) is 0 Å². The predicted octanol–water partition coefficient (Wildman–Crippen LogP) is 3.07. The molecule has 0 spiro atoms. The second-order valence-electron chi connectivity index (χ2n) is 5.20. The quantitative estimate of drug-likeness (QED) is 0.947. The van der Waals surface area contributed by atoms with Crippen LogP contribution in [0.5, 0.6) is 0 Å². The third-order valence-electron chi connectivity index (χ3n) is 3.76. The lowest BCUT2D eigenvalue weighted by molar-refractivity contribution is 0.611. The lowest BCUT2D eigenvalue weighted by Gasteiger charge is -2.19. The van der Waals surface area contributed by atoms with Crippen molar-refractivity contribution in [3.8, 4) is 0 Å². The zero-order valence-corrected chi connectivity index (χ0v) is 12.7. The molecule has 1 aliphatic heterocycles. The first-order chi connectivity index (χ1) is 10.2. The lowest BCUT2D eigenvalue weighted by Crippen LogP contribution is -2.27. The Labute approximate surface area is 128 Å². The lowest BCUT2D eigenvalue weighted by atomic mass is 10.0. The first-order valence-electron chi connectivity index (χ1n) is 7.19. The van der Waals surface area contributed by atoms with Gasteiger partial charge in [0.15, 0.2) is 0 Å². The molecular weight excluding hydrogens is 289 g/mol. The fourth-order valence-electron chi connectivity index (χ4n) is 2.68. The Balaban J connectivity index is 1.95. The van der Waals surface area contributed by atoms with E-state index in [0.717, 1.165) is 48.7 Å². The van der Waals surface area contributed by atoms with Crippen LogP contribution in [0.1, 0.15) is 35.3 Å². The van der Waals surface area contributed by atoms with E-state index in [-0.39, 0.29) is 5.82 Å². The molecule has 0 atom stereocenters. The number of fused-ring (bicyclic) bond motifs is 1. The topological polar surface area (TPSA) is 37.8 Å². The summed E-state index contributed by atoms with van der Waals surface area (Å²) in [5, 5.41) is 3.78. The Bertz CT molecular complexity index is 656. The normalized spacial score (nSPS) is 14.0. The number of aromatic nitrogens is 2.